The van der Waals surface area contributed by atoms with Crippen LogP contribution in [0.25, 0.3) is 22.3 Å². The molecule has 4 rings (SSSR count). The van der Waals surface area contributed by atoms with Gasteiger partial charge in [0, 0.05) is 29.5 Å². The van der Waals surface area contributed by atoms with Crippen LogP contribution < -0.4 is 15.8 Å². The molecule has 1 heterocycles. The Morgan fingerprint density at radius 3 is 2.51 bits per heavy atom. The molecule has 0 spiro atoms. The minimum absolute atomic E-state index is 0.111. The third-order valence-electron chi connectivity index (χ3n) is 5.84. The van der Waals surface area contributed by atoms with Crippen molar-refractivity contribution in [1.82, 2.24) is 5.32 Å². The lowest BCUT2D eigenvalue weighted by atomic mass is 9.98. The largest absolute Gasteiger partial charge is 0.491 e. The van der Waals surface area contributed by atoms with Crippen LogP contribution in [-0.4, -0.2) is 36.7 Å². The molecule has 2 amide bonds. The highest BCUT2D eigenvalue weighted by atomic mass is 19.1. The number of carbonyl (C=O) groups is 2. The summed E-state index contributed by atoms with van der Waals surface area (Å²) in [7, 11) is 0. The second kappa shape index (κ2) is 11.3. The number of fused-ring (bicyclic) bond motifs is 1. The van der Waals surface area contributed by atoms with Crippen molar-refractivity contribution in [3.63, 3.8) is 0 Å². The van der Waals surface area contributed by atoms with Crippen molar-refractivity contribution in [3.05, 3.63) is 88.7 Å². The monoisotopic (exact) mass is 504 g/mol. The molecule has 8 heteroatoms. The minimum Gasteiger partial charge on any atom is -0.491 e. The van der Waals surface area contributed by atoms with E-state index in [1.165, 1.54) is 24.3 Å². The summed E-state index contributed by atoms with van der Waals surface area (Å²) < 4.78 is 25.1. The van der Waals surface area contributed by atoms with Gasteiger partial charge in [-0.15, -0.1) is 0 Å². The predicted molar refractivity (Wildman–Crippen MR) is 139 cm³/mol. The van der Waals surface area contributed by atoms with Crippen molar-refractivity contribution in [2.75, 3.05) is 19.8 Å². The summed E-state index contributed by atoms with van der Waals surface area (Å²) in [5, 5.41) is 12.7. The topological polar surface area (TPSA) is 115 Å². The van der Waals surface area contributed by atoms with E-state index in [4.69, 9.17) is 14.9 Å². The van der Waals surface area contributed by atoms with Crippen LogP contribution in [-0.2, 0) is 6.42 Å². The van der Waals surface area contributed by atoms with E-state index in [1.54, 1.807) is 24.3 Å². The highest BCUT2D eigenvalue weighted by Gasteiger charge is 2.21. The number of carbonyl (C=O) groups excluding carboxylic acids is 2. The first kappa shape index (κ1) is 25.9. The van der Waals surface area contributed by atoms with E-state index >= 15 is 0 Å². The Morgan fingerprint density at radius 1 is 1.08 bits per heavy atom. The molecule has 37 heavy (non-hydrogen) atoms. The van der Waals surface area contributed by atoms with Crippen LogP contribution in [0.1, 0.15) is 45.7 Å². The van der Waals surface area contributed by atoms with Crippen molar-refractivity contribution >= 4 is 22.8 Å². The molecular formula is C29H29FN2O5. The summed E-state index contributed by atoms with van der Waals surface area (Å²) in [5.74, 6) is -0.113. The number of hydrogen-bond acceptors (Lipinski definition) is 5. The number of aliphatic hydroxyl groups is 1. The number of nitrogens with two attached hydrogens (primary N) is 1. The fourth-order valence-electron chi connectivity index (χ4n) is 4.08. The molecule has 0 bridgehead atoms. The van der Waals surface area contributed by atoms with E-state index in [9.17, 15) is 19.1 Å². The number of hydrogen-bond donors (Lipinski definition) is 3. The summed E-state index contributed by atoms with van der Waals surface area (Å²) in [5.41, 5.74) is 8.99. The smallest absolute Gasteiger partial charge is 0.253 e. The number of amides is 2. The Labute approximate surface area is 214 Å². The average molecular weight is 505 g/mol. The van der Waals surface area contributed by atoms with Crippen molar-refractivity contribution in [3.8, 4) is 17.1 Å². The lowest BCUT2D eigenvalue weighted by molar-refractivity contribution is 0.0947. The van der Waals surface area contributed by atoms with E-state index < -0.39 is 11.7 Å². The van der Waals surface area contributed by atoms with Gasteiger partial charge in [-0.1, -0.05) is 19.9 Å². The van der Waals surface area contributed by atoms with E-state index in [0.717, 1.165) is 11.1 Å². The first-order valence-corrected chi connectivity index (χ1v) is 12.0. The number of primary amides is 1. The predicted octanol–water partition coefficient (Wildman–Crippen LogP) is 4.69. The third-order valence-corrected chi connectivity index (χ3v) is 5.84. The van der Waals surface area contributed by atoms with Gasteiger partial charge in [-0.3, -0.25) is 9.59 Å². The molecule has 192 valence electrons. The molecule has 0 saturated carbocycles. The molecule has 3 aromatic carbocycles. The van der Waals surface area contributed by atoms with Gasteiger partial charge in [0.2, 0.25) is 0 Å². The van der Waals surface area contributed by atoms with E-state index in [1.807, 2.05) is 26.0 Å². The fraction of sp³-hybridized carbons (Fsp3) is 0.241. The molecule has 0 fully saturated rings. The minimum atomic E-state index is -0.661. The number of ether oxygens (including phenoxy) is 1. The van der Waals surface area contributed by atoms with E-state index in [-0.39, 0.29) is 30.4 Å². The maximum atomic E-state index is 13.4. The molecule has 1 aromatic heterocycles. The highest BCUT2D eigenvalue weighted by molar-refractivity contribution is 6.10. The molecule has 0 atom stereocenters. The first-order chi connectivity index (χ1) is 17.8. The molecule has 0 unspecified atom stereocenters. The molecule has 0 aliphatic carbocycles. The van der Waals surface area contributed by atoms with Crippen molar-refractivity contribution < 1.29 is 28.2 Å². The Bertz CT molecular complexity index is 1430. The van der Waals surface area contributed by atoms with Gasteiger partial charge in [0.15, 0.2) is 0 Å². The number of aliphatic hydroxyl groups excluding tert-OH is 1. The zero-order valence-corrected chi connectivity index (χ0v) is 20.7. The van der Waals surface area contributed by atoms with Gasteiger partial charge in [0.25, 0.3) is 11.8 Å². The molecule has 0 radical (unpaired) electrons. The Hall–Kier alpha value is -4.17. The quantitative estimate of drug-likeness (QED) is 0.290. The standard InChI is InChI=1S/C29H29FN2O5/c1-17(2)16-32-29(35)20-6-10-24(36-12-11-33)21(15-20)13-18-3-9-25-23(14-18)26(28(31)34)27(37-25)19-4-7-22(30)8-5-19/h3-10,14-15,17,33H,11-13,16H2,1-2H3,(H2,31,34)(H,32,35). The molecule has 0 saturated heterocycles. The Kier molecular flexibility index (Phi) is 7.89. The van der Waals surface area contributed by atoms with Gasteiger partial charge in [0.1, 0.15) is 29.5 Å². The van der Waals surface area contributed by atoms with Gasteiger partial charge in [-0.05, 0) is 71.6 Å². The summed E-state index contributed by atoms with van der Waals surface area (Å²) in [4.78, 5) is 25.1. The van der Waals surface area contributed by atoms with E-state index in [0.29, 0.717) is 46.7 Å². The molecule has 4 aromatic rings. The molecule has 7 nitrogen and oxygen atoms in total. The molecule has 0 aliphatic rings. The lowest BCUT2D eigenvalue weighted by Gasteiger charge is -2.14. The SMILES string of the molecule is CC(C)CNC(=O)c1ccc(OCCO)c(Cc2ccc3oc(-c4ccc(F)cc4)c(C(N)=O)c3c2)c1. The third kappa shape index (κ3) is 5.98. The first-order valence-electron chi connectivity index (χ1n) is 12.0. The molecular weight excluding hydrogens is 475 g/mol. The Balaban J connectivity index is 1.72. The summed E-state index contributed by atoms with van der Waals surface area (Å²) in [6.45, 7) is 4.56. The maximum Gasteiger partial charge on any atom is 0.253 e. The van der Waals surface area contributed by atoms with E-state index in [2.05, 4.69) is 5.32 Å². The Morgan fingerprint density at radius 2 is 1.84 bits per heavy atom. The second-order valence-electron chi connectivity index (χ2n) is 9.18. The van der Waals surface area contributed by atoms with Crippen LogP contribution in [0.2, 0.25) is 0 Å². The van der Waals surface area contributed by atoms with Gasteiger partial charge in [0.05, 0.1) is 12.2 Å². The number of benzene rings is 3. The van der Waals surface area contributed by atoms with Crippen LogP contribution in [0.4, 0.5) is 4.39 Å². The fourth-order valence-corrected chi connectivity index (χ4v) is 4.08. The zero-order chi connectivity index (χ0) is 26.5. The molecule has 4 N–H and O–H groups in total. The number of nitrogens with one attached hydrogen (secondary N) is 1. The normalized spacial score (nSPS) is 11.2. The van der Waals surface area contributed by atoms with Crippen molar-refractivity contribution in [1.29, 1.82) is 0 Å². The van der Waals surface area contributed by atoms with Crippen molar-refractivity contribution in [2.24, 2.45) is 11.7 Å². The van der Waals surface area contributed by atoms with Crippen LogP contribution >= 0.6 is 0 Å². The number of rotatable bonds is 10. The lowest BCUT2D eigenvalue weighted by Crippen LogP contribution is -2.27. The maximum absolute atomic E-state index is 13.4. The van der Waals surface area contributed by atoms with Gasteiger partial charge in [-0.25, -0.2) is 4.39 Å². The van der Waals surface area contributed by atoms with Crippen LogP contribution in [0.3, 0.4) is 0 Å². The van der Waals surface area contributed by atoms with Crippen LogP contribution in [0.15, 0.2) is 65.1 Å². The highest BCUT2D eigenvalue weighted by Crippen LogP contribution is 2.35. The second-order valence-corrected chi connectivity index (χ2v) is 9.18. The summed E-state index contributed by atoms with van der Waals surface area (Å²) in [6.07, 6.45) is 0.386. The van der Waals surface area contributed by atoms with Crippen LogP contribution in [0, 0.1) is 11.7 Å². The zero-order valence-electron chi connectivity index (χ0n) is 20.7. The van der Waals surface area contributed by atoms with Gasteiger partial charge >= 0.3 is 0 Å². The number of halogens is 1. The van der Waals surface area contributed by atoms with Crippen molar-refractivity contribution in [2.45, 2.75) is 20.3 Å². The summed E-state index contributed by atoms with van der Waals surface area (Å²) >= 11 is 0. The number of furan rings is 1. The van der Waals surface area contributed by atoms with Gasteiger partial charge < -0.3 is 25.3 Å². The molecule has 0 aliphatic heterocycles. The van der Waals surface area contributed by atoms with Gasteiger partial charge in [-0.2, -0.15) is 0 Å². The average Bonchev–Trinajstić information content (AvgIpc) is 3.26. The summed E-state index contributed by atoms with van der Waals surface area (Å²) in [6, 6.07) is 16.2. The van der Waals surface area contributed by atoms with Crippen LogP contribution in [0.5, 0.6) is 5.75 Å².